The molecule has 0 unspecified atom stereocenters. The Kier molecular flexibility index (Phi) is 1.76. The number of nitrogens with one attached hydrogen (secondary N) is 2. The van der Waals surface area contributed by atoms with Crippen LogP contribution in [0.2, 0.25) is 0 Å². The largest absolute Gasteiger partial charge is 0.314 e. The van der Waals surface area contributed by atoms with Gasteiger partial charge in [0.15, 0.2) is 0 Å². The van der Waals surface area contributed by atoms with E-state index in [2.05, 4.69) is 31.8 Å². The Bertz CT molecular complexity index is 485. The number of fused-ring (bicyclic) bond motifs is 1. The molecule has 2 aromatic heterocycles. The topological polar surface area (TPSA) is 66.5 Å². The van der Waals surface area contributed by atoms with E-state index < -0.39 is 0 Å². The highest BCUT2D eigenvalue weighted by Gasteiger charge is 2.40. The minimum absolute atomic E-state index is 0.319. The van der Waals surface area contributed by atoms with Crippen molar-refractivity contribution in [3.8, 4) is 0 Å². The first kappa shape index (κ1) is 8.79. The maximum atomic E-state index is 4.25. The Hall–Kier alpha value is -1.49. The van der Waals surface area contributed by atoms with Crippen molar-refractivity contribution in [3.05, 3.63) is 17.8 Å². The van der Waals surface area contributed by atoms with E-state index in [1.807, 2.05) is 13.2 Å². The van der Waals surface area contributed by atoms with E-state index in [9.17, 15) is 0 Å². The van der Waals surface area contributed by atoms with Gasteiger partial charge in [-0.3, -0.25) is 0 Å². The number of nitrogens with zero attached hydrogens (tertiary/aromatic N) is 3. The normalized spacial score (nSPS) is 18.2. The van der Waals surface area contributed by atoms with Crippen LogP contribution in [0.15, 0.2) is 12.3 Å². The molecule has 5 heteroatoms. The molecule has 1 aliphatic carbocycles. The predicted molar refractivity (Wildman–Crippen MR) is 56.4 cm³/mol. The van der Waals surface area contributed by atoms with E-state index >= 15 is 0 Å². The average molecular weight is 203 g/mol. The van der Waals surface area contributed by atoms with Crippen molar-refractivity contribution in [1.82, 2.24) is 25.7 Å². The lowest BCUT2D eigenvalue weighted by Gasteiger charge is -2.12. The van der Waals surface area contributed by atoms with Gasteiger partial charge in [-0.25, -0.2) is 4.98 Å². The second kappa shape index (κ2) is 3.00. The molecule has 0 saturated heterocycles. The Morgan fingerprint density at radius 3 is 3.07 bits per heavy atom. The van der Waals surface area contributed by atoms with Gasteiger partial charge >= 0.3 is 0 Å². The smallest absolute Gasteiger partial charge is 0.201 e. The van der Waals surface area contributed by atoms with E-state index in [4.69, 9.17) is 0 Å². The van der Waals surface area contributed by atoms with Crippen LogP contribution in [-0.4, -0.2) is 33.0 Å². The van der Waals surface area contributed by atoms with Crippen LogP contribution < -0.4 is 5.32 Å². The van der Waals surface area contributed by atoms with Crippen molar-refractivity contribution >= 4 is 11.2 Å². The highest BCUT2D eigenvalue weighted by atomic mass is 15.3. The first-order valence-corrected chi connectivity index (χ1v) is 5.16. The van der Waals surface area contributed by atoms with Gasteiger partial charge in [0, 0.05) is 11.7 Å². The van der Waals surface area contributed by atoms with E-state index in [1.54, 1.807) is 0 Å². The molecule has 1 saturated carbocycles. The molecule has 0 spiro atoms. The minimum Gasteiger partial charge on any atom is -0.314 e. The molecule has 3 rings (SSSR count). The number of pyridine rings is 1. The second-order valence-electron chi connectivity index (χ2n) is 4.22. The van der Waals surface area contributed by atoms with Crippen molar-refractivity contribution in [2.75, 3.05) is 7.05 Å². The van der Waals surface area contributed by atoms with Gasteiger partial charge in [0.25, 0.3) is 0 Å². The van der Waals surface area contributed by atoms with Crippen LogP contribution in [0.1, 0.15) is 18.4 Å². The molecule has 0 aromatic carbocycles. The van der Waals surface area contributed by atoms with Crippen LogP contribution in [0, 0.1) is 0 Å². The lowest BCUT2D eigenvalue weighted by molar-refractivity contribution is 0.548. The van der Waals surface area contributed by atoms with Crippen molar-refractivity contribution < 1.29 is 0 Å². The first-order chi connectivity index (χ1) is 7.31. The van der Waals surface area contributed by atoms with Gasteiger partial charge in [-0.05, 0) is 37.9 Å². The number of hydrogen-bond donors (Lipinski definition) is 2. The van der Waals surface area contributed by atoms with Gasteiger partial charge in [0.05, 0.1) is 0 Å². The number of likely N-dealkylation sites (N-methyl/N-ethyl adjacent to an activating group) is 1. The molecular formula is C10H13N5. The third-order valence-electron chi connectivity index (χ3n) is 3.16. The molecule has 0 amide bonds. The monoisotopic (exact) mass is 203 g/mol. The van der Waals surface area contributed by atoms with Crippen molar-refractivity contribution in [1.29, 1.82) is 0 Å². The van der Waals surface area contributed by atoms with Crippen LogP contribution >= 0.6 is 0 Å². The predicted octanol–water partition coefficient (Wildman–Crippen LogP) is 0.647. The zero-order chi connectivity index (χ0) is 10.3. The summed E-state index contributed by atoms with van der Waals surface area (Å²) in [7, 11) is 2.02. The Morgan fingerprint density at radius 1 is 1.47 bits per heavy atom. The van der Waals surface area contributed by atoms with E-state index in [1.165, 1.54) is 18.4 Å². The highest BCUT2D eigenvalue weighted by Crippen LogP contribution is 2.38. The summed E-state index contributed by atoms with van der Waals surface area (Å²) < 4.78 is 0. The van der Waals surface area contributed by atoms with Gasteiger partial charge < -0.3 is 5.32 Å². The first-order valence-electron chi connectivity index (χ1n) is 5.16. The third kappa shape index (κ3) is 1.48. The highest BCUT2D eigenvalue weighted by molar-refractivity contribution is 5.69. The summed E-state index contributed by atoms with van der Waals surface area (Å²) >= 11 is 0. The fourth-order valence-electron chi connectivity index (χ4n) is 1.94. The third-order valence-corrected chi connectivity index (χ3v) is 3.16. The van der Waals surface area contributed by atoms with Crippen LogP contribution in [0.5, 0.6) is 0 Å². The van der Waals surface area contributed by atoms with Crippen LogP contribution in [0.4, 0.5) is 0 Å². The SMILES string of the molecule is CNC1(Cc2cnc3n[nH]nc3c2)CC1. The Labute approximate surface area is 87.3 Å². The second-order valence-corrected chi connectivity index (χ2v) is 4.22. The molecule has 5 nitrogen and oxygen atoms in total. The van der Waals surface area contributed by atoms with E-state index in [0.717, 1.165) is 11.9 Å². The van der Waals surface area contributed by atoms with Gasteiger partial charge in [-0.2, -0.15) is 10.3 Å². The van der Waals surface area contributed by atoms with Crippen LogP contribution in [0.25, 0.3) is 11.2 Å². The molecule has 15 heavy (non-hydrogen) atoms. The van der Waals surface area contributed by atoms with Crippen molar-refractivity contribution in [2.24, 2.45) is 0 Å². The summed E-state index contributed by atoms with van der Waals surface area (Å²) in [5, 5.41) is 13.9. The number of aromatic amines is 1. The molecule has 78 valence electrons. The zero-order valence-corrected chi connectivity index (χ0v) is 8.62. The van der Waals surface area contributed by atoms with Crippen molar-refractivity contribution in [3.63, 3.8) is 0 Å². The maximum absolute atomic E-state index is 4.25. The van der Waals surface area contributed by atoms with Gasteiger partial charge in [-0.15, -0.1) is 5.10 Å². The molecule has 1 fully saturated rings. The summed E-state index contributed by atoms with van der Waals surface area (Å²) in [5.41, 5.74) is 3.08. The van der Waals surface area contributed by atoms with Crippen LogP contribution in [0.3, 0.4) is 0 Å². The molecule has 0 radical (unpaired) electrons. The summed E-state index contributed by atoms with van der Waals surface area (Å²) in [4.78, 5) is 4.25. The standard InChI is InChI=1S/C10H13N5/c1-11-10(2-3-10)5-7-4-8-9(12-6-7)14-15-13-8/h4,6,11H,2-3,5H2,1H3,(H,12,13,14,15). The van der Waals surface area contributed by atoms with Gasteiger partial charge in [0.1, 0.15) is 5.52 Å². The molecule has 0 atom stereocenters. The van der Waals surface area contributed by atoms with E-state index in [0.29, 0.717) is 11.2 Å². The molecule has 2 heterocycles. The molecule has 1 aliphatic rings. The number of aromatic nitrogens is 4. The van der Waals surface area contributed by atoms with Gasteiger partial charge in [0.2, 0.25) is 5.65 Å². The lowest BCUT2D eigenvalue weighted by atomic mass is 10.1. The Balaban J connectivity index is 1.91. The van der Waals surface area contributed by atoms with E-state index in [-0.39, 0.29) is 0 Å². The summed E-state index contributed by atoms with van der Waals surface area (Å²) in [5.74, 6) is 0. The summed E-state index contributed by atoms with van der Waals surface area (Å²) in [6.07, 6.45) is 5.42. The van der Waals surface area contributed by atoms with Crippen LogP contribution in [-0.2, 0) is 6.42 Å². The molecular weight excluding hydrogens is 190 g/mol. The average Bonchev–Trinajstić information content (AvgIpc) is 2.88. The van der Waals surface area contributed by atoms with Crippen molar-refractivity contribution in [2.45, 2.75) is 24.8 Å². The molecule has 2 aromatic rings. The minimum atomic E-state index is 0.319. The summed E-state index contributed by atoms with van der Waals surface area (Å²) in [6.45, 7) is 0. The fourth-order valence-corrected chi connectivity index (χ4v) is 1.94. The molecule has 2 N–H and O–H groups in total. The van der Waals surface area contributed by atoms with Gasteiger partial charge in [-0.1, -0.05) is 0 Å². The number of rotatable bonds is 3. The number of H-pyrrole nitrogens is 1. The molecule has 0 bridgehead atoms. The Morgan fingerprint density at radius 2 is 2.33 bits per heavy atom. The lowest BCUT2D eigenvalue weighted by Crippen LogP contribution is -2.29. The fraction of sp³-hybridized carbons (Fsp3) is 0.500. The molecule has 0 aliphatic heterocycles. The quantitative estimate of drug-likeness (QED) is 0.768. The summed E-state index contributed by atoms with van der Waals surface area (Å²) in [6, 6.07) is 2.06. The maximum Gasteiger partial charge on any atom is 0.201 e. The number of hydrogen-bond acceptors (Lipinski definition) is 4. The zero-order valence-electron chi connectivity index (χ0n) is 8.62.